The molecule has 1 N–H and O–H groups in total. The van der Waals surface area contributed by atoms with Crippen molar-refractivity contribution >= 4 is 35.2 Å². The second kappa shape index (κ2) is 14.0. The Labute approximate surface area is 256 Å². The van der Waals surface area contributed by atoms with Gasteiger partial charge in [-0.2, -0.15) is 0 Å². The van der Waals surface area contributed by atoms with Crippen LogP contribution in [0.15, 0.2) is 22.4 Å². The second-order valence-electron chi connectivity index (χ2n) is 13.9. The van der Waals surface area contributed by atoms with E-state index in [1.54, 1.807) is 0 Å². The summed E-state index contributed by atoms with van der Waals surface area (Å²) in [6.45, 7) is 13.2. The van der Waals surface area contributed by atoms with Gasteiger partial charge in [0, 0.05) is 24.6 Å². The van der Waals surface area contributed by atoms with E-state index < -0.39 is 11.7 Å². The summed E-state index contributed by atoms with van der Waals surface area (Å²) in [7, 11) is 1.40. The molecule has 3 aliphatic carbocycles. The molecule has 9 heteroatoms. The van der Waals surface area contributed by atoms with Gasteiger partial charge in [0.1, 0.15) is 5.60 Å². The fraction of sp³-hybridized carbons (Fsp3) is 0.758. The predicted molar refractivity (Wildman–Crippen MR) is 162 cm³/mol. The van der Waals surface area contributed by atoms with Crippen molar-refractivity contribution in [3.05, 3.63) is 22.4 Å². The Morgan fingerprint density at radius 2 is 1.81 bits per heavy atom. The van der Waals surface area contributed by atoms with Gasteiger partial charge < -0.3 is 19.5 Å². The van der Waals surface area contributed by atoms with Crippen LogP contribution in [0.4, 0.5) is 4.79 Å². The summed E-state index contributed by atoms with van der Waals surface area (Å²) in [5.41, 5.74) is -0.467. The molecule has 42 heavy (non-hydrogen) atoms. The highest BCUT2D eigenvalue weighted by atomic mass is 35.5. The summed E-state index contributed by atoms with van der Waals surface area (Å²) in [5, 5.41) is 2.74. The van der Waals surface area contributed by atoms with Gasteiger partial charge in [0.2, 0.25) is 11.6 Å². The topological polar surface area (TPSA) is 108 Å². The van der Waals surface area contributed by atoms with Crippen LogP contribution in [0.2, 0.25) is 0 Å². The van der Waals surface area contributed by atoms with Crippen LogP contribution in [0.3, 0.4) is 0 Å². The number of Topliss-reactive ketones (excluding diaryl/α,β-unsaturated/α-hetero) is 1. The summed E-state index contributed by atoms with van der Waals surface area (Å²) in [5.74, 6) is 0.0266. The molecule has 5 atom stereocenters. The van der Waals surface area contributed by atoms with Gasteiger partial charge in [-0.25, -0.2) is 4.79 Å². The molecule has 236 valence electrons. The molecule has 0 radical (unpaired) electrons. The fourth-order valence-corrected chi connectivity index (χ4v) is 7.63. The lowest BCUT2D eigenvalue weighted by Gasteiger charge is -2.60. The van der Waals surface area contributed by atoms with E-state index in [-0.39, 0.29) is 45.1 Å². The largest absolute Gasteiger partial charge is 0.493 e. The molecule has 0 bridgehead atoms. The number of amides is 1. The summed E-state index contributed by atoms with van der Waals surface area (Å²) in [6, 6.07) is 0. The van der Waals surface area contributed by atoms with E-state index in [0.29, 0.717) is 49.8 Å². The Morgan fingerprint density at radius 1 is 1.10 bits per heavy atom. The van der Waals surface area contributed by atoms with Crippen LogP contribution in [0.5, 0.6) is 0 Å². The number of esters is 1. The van der Waals surface area contributed by atoms with Crippen LogP contribution in [0, 0.1) is 28.6 Å². The van der Waals surface area contributed by atoms with Gasteiger partial charge in [-0.1, -0.05) is 45.2 Å². The first-order chi connectivity index (χ1) is 19.6. The number of rotatable bonds is 11. The number of halogens is 1. The number of hydrogen-bond donors (Lipinski definition) is 1. The molecule has 0 spiro atoms. The van der Waals surface area contributed by atoms with Crippen LogP contribution >= 0.6 is 11.6 Å². The van der Waals surface area contributed by atoms with Crippen molar-refractivity contribution in [1.29, 1.82) is 0 Å². The van der Waals surface area contributed by atoms with E-state index in [4.69, 9.17) is 25.8 Å². The Kier molecular flexibility index (Phi) is 11.3. The minimum Gasteiger partial charge on any atom is -0.493 e. The number of allylic oxidation sites excluding steroid dienone is 3. The highest BCUT2D eigenvalue weighted by Gasteiger charge is 2.57. The number of alkyl carbamates (subject to hydrolysis) is 1. The van der Waals surface area contributed by atoms with Crippen molar-refractivity contribution in [2.24, 2.45) is 28.6 Å². The minimum absolute atomic E-state index is 0.00316. The zero-order chi connectivity index (χ0) is 31.3. The molecule has 2 fully saturated rings. The van der Waals surface area contributed by atoms with Crippen molar-refractivity contribution < 1.29 is 33.4 Å². The molecule has 0 unspecified atom stereocenters. The number of ether oxygens (including phenoxy) is 3. The number of fused-ring (bicyclic) bond motifs is 1. The average molecular weight is 608 g/mol. The fourth-order valence-electron chi connectivity index (χ4n) is 7.42. The smallest absolute Gasteiger partial charge is 0.407 e. The summed E-state index contributed by atoms with van der Waals surface area (Å²) in [4.78, 5) is 50.1. The summed E-state index contributed by atoms with van der Waals surface area (Å²) < 4.78 is 16.3. The Bertz CT molecular complexity index is 1110. The van der Waals surface area contributed by atoms with Crippen molar-refractivity contribution in [2.75, 3.05) is 20.3 Å². The number of ketones is 2. The van der Waals surface area contributed by atoms with Gasteiger partial charge in [-0.15, -0.1) is 0 Å². The lowest BCUT2D eigenvalue weighted by atomic mass is 9.44. The van der Waals surface area contributed by atoms with Gasteiger partial charge in [0.25, 0.3) is 0 Å². The monoisotopic (exact) mass is 607 g/mol. The average Bonchev–Trinajstić information content (AvgIpc) is 2.91. The van der Waals surface area contributed by atoms with Gasteiger partial charge in [0.05, 0.1) is 18.7 Å². The molecule has 8 nitrogen and oxygen atoms in total. The van der Waals surface area contributed by atoms with E-state index in [1.165, 1.54) is 13.2 Å². The predicted octanol–water partition coefficient (Wildman–Crippen LogP) is 7.04. The Hall–Kier alpha value is -2.35. The molecule has 0 saturated heterocycles. The molecule has 0 aromatic rings. The zero-order valence-corrected chi connectivity index (χ0v) is 27.3. The van der Waals surface area contributed by atoms with E-state index in [1.807, 2.05) is 20.8 Å². The Balaban J connectivity index is 1.56. The van der Waals surface area contributed by atoms with E-state index in [0.717, 1.165) is 44.9 Å². The van der Waals surface area contributed by atoms with Gasteiger partial charge in [-0.3, -0.25) is 14.4 Å². The number of nitrogens with one attached hydrogen (secondary N) is 1. The number of carbonyl (C=O) groups is 4. The number of carbonyl (C=O) groups excluding carboxylic acids is 4. The summed E-state index contributed by atoms with van der Waals surface area (Å²) in [6.07, 6.45) is 8.88. The third-order valence-corrected chi connectivity index (χ3v) is 10.4. The third-order valence-electron chi connectivity index (χ3n) is 10.0. The van der Waals surface area contributed by atoms with Gasteiger partial charge in [0.15, 0.2) is 5.76 Å². The van der Waals surface area contributed by atoms with Gasteiger partial charge >= 0.3 is 12.1 Å². The van der Waals surface area contributed by atoms with E-state index >= 15 is 0 Å². The van der Waals surface area contributed by atoms with Crippen LogP contribution < -0.4 is 5.32 Å². The maximum atomic E-state index is 13.2. The maximum absolute atomic E-state index is 13.2. The number of unbranched alkanes of at least 4 members (excludes halogenated alkanes) is 2. The van der Waals surface area contributed by atoms with Crippen molar-refractivity contribution in [3.63, 3.8) is 0 Å². The lowest BCUT2D eigenvalue weighted by Crippen LogP contribution is -2.54. The molecular formula is C33H50ClNO7. The molecule has 3 aliphatic rings. The first-order valence-corrected chi connectivity index (χ1v) is 15.9. The van der Waals surface area contributed by atoms with E-state index in [9.17, 15) is 19.2 Å². The minimum atomic E-state index is -0.524. The molecule has 0 aromatic heterocycles. The maximum Gasteiger partial charge on any atom is 0.407 e. The molecule has 0 aliphatic heterocycles. The molecule has 1 amide bonds. The Morgan fingerprint density at radius 3 is 2.48 bits per heavy atom. The summed E-state index contributed by atoms with van der Waals surface area (Å²) >= 11 is 6.44. The van der Waals surface area contributed by atoms with Crippen LogP contribution in [-0.4, -0.2) is 49.5 Å². The first-order valence-electron chi connectivity index (χ1n) is 15.5. The second-order valence-corrected chi connectivity index (χ2v) is 14.3. The van der Waals surface area contributed by atoms with Crippen molar-refractivity contribution in [3.8, 4) is 0 Å². The quantitative estimate of drug-likeness (QED) is 0.152. The molecule has 0 aromatic carbocycles. The normalized spacial score (nSPS) is 29.9. The van der Waals surface area contributed by atoms with Gasteiger partial charge in [-0.05, 0) is 94.3 Å². The molecule has 3 rings (SSSR count). The third kappa shape index (κ3) is 7.97. The number of methoxy groups -OCH3 is 1. The SMILES string of the molecule is COC1=CC(=O)C(Cl)=C(C[C@@]2(C)[C@@H]3CCC[C@H](COC(=O)CCCCCNC(=O)OC(C)(C)C)[C@@]3(C)CC[C@@H]2C)C1=O. The van der Waals surface area contributed by atoms with Crippen LogP contribution in [0.25, 0.3) is 0 Å². The zero-order valence-electron chi connectivity index (χ0n) is 26.5. The van der Waals surface area contributed by atoms with Crippen LogP contribution in [0.1, 0.15) is 106 Å². The van der Waals surface area contributed by atoms with Crippen LogP contribution in [-0.2, 0) is 28.6 Å². The van der Waals surface area contributed by atoms with Crippen molar-refractivity contribution in [1.82, 2.24) is 5.32 Å². The molecular weight excluding hydrogens is 558 g/mol. The lowest BCUT2D eigenvalue weighted by molar-refractivity contribution is -0.155. The first kappa shape index (κ1) is 34.1. The number of hydrogen-bond acceptors (Lipinski definition) is 7. The van der Waals surface area contributed by atoms with Crippen molar-refractivity contribution in [2.45, 2.75) is 111 Å². The molecule has 2 saturated carbocycles. The molecule has 0 heterocycles. The highest BCUT2D eigenvalue weighted by molar-refractivity contribution is 6.48. The van der Waals surface area contributed by atoms with E-state index in [2.05, 4.69) is 26.1 Å². The highest BCUT2D eigenvalue weighted by Crippen LogP contribution is 2.63. The standard InChI is InChI=1S/C33H50ClNO7/c1-21-15-16-32(5)22(20-41-27(37)14-9-8-10-17-35-30(39)42-31(2,3)4)12-11-13-26(32)33(21,6)19-23-28(34)24(36)18-25(40-7)29(23)38/h18,21-22,26H,8-17,19-20H2,1-7H3,(H,35,39)/t21-,22+,26+,32+,33+/m0/s1.